The van der Waals surface area contributed by atoms with Crippen LogP contribution in [-0.4, -0.2) is 38.1 Å². The molecule has 28 heavy (non-hydrogen) atoms. The maximum atomic E-state index is 10.8. The van der Waals surface area contributed by atoms with Crippen molar-refractivity contribution in [2.24, 2.45) is 0 Å². The van der Waals surface area contributed by atoms with Crippen molar-refractivity contribution in [1.29, 1.82) is 0 Å². The van der Waals surface area contributed by atoms with Crippen LogP contribution in [0.4, 0.5) is 0 Å². The molecule has 2 aromatic heterocycles. The molecule has 0 radical (unpaired) electrons. The number of ether oxygens (including phenoxy) is 1. The SMILES string of the molecule is CC(=O)OCCCCSc1nnc(-c2ccccn2)n1-c1ccc(C)cc1C. The summed E-state index contributed by atoms with van der Waals surface area (Å²) in [6, 6.07) is 12.1. The van der Waals surface area contributed by atoms with Crippen LogP contribution in [0.1, 0.15) is 30.9 Å². The Morgan fingerprint density at radius 2 is 2.00 bits per heavy atom. The van der Waals surface area contributed by atoms with Gasteiger partial charge < -0.3 is 4.74 Å². The molecule has 146 valence electrons. The third kappa shape index (κ3) is 4.98. The lowest BCUT2D eigenvalue weighted by molar-refractivity contribution is -0.141. The van der Waals surface area contributed by atoms with Gasteiger partial charge in [0.25, 0.3) is 0 Å². The molecule has 0 atom stereocenters. The van der Waals surface area contributed by atoms with Crippen LogP contribution in [-0.2, 0) is 9.53 Å². The van der Waals surface area contributed by atoms with E-state index >= 15 is 0 Å². The molecule has 0 spiro atoms. The zero-order valence-corrected chi connectivity index (χ0v) is 17.2. The number of rotatable bonds is 8. The predicted molar refractivity (Wildman–Crippen MR) is 111 cm³/mol. The van der Waals surface area contributed by atoms with Crippen LogP contribution in [0, 0.1) is 13.8 Å². The van der Waals surface area contributed by atoms with Crippen molar-refractivity contribution >= 4 is 17.7 Å². The van der Waals surface area contributed by atoms with Crippen molar-refractivity contribution in [2.45, 2.75) is 38.8 Å². The number of benzene rings is 1. The Kier molecular flexibility index (Phi) is 6.81. The molecule has 0 unspecified atom stereocenters. The molecule has 0 aliphatic heterocycles. The molecule has 6 nitrogen and oxygen atoms in total. The zero-order valence-electron chi connectivity index (χ0n) is 16.4. The Morgan fingerprint density at radius 3 is 2.71 bits per heavy atom. The lowest BCUT2D eigenvalue weighted by Crippen LogP contribution is -2.04. The van der Waals surface area contributed by atoms with Gasteiger partial charge in [0.2, 0.25) is 0 Å². The number of aryl methyl sites for hydroxylation is 2. The van der Waals surface area contributed by atoms with E-state index in [1.165, 1.54) is 12.5 Å². The molecular formula is C21H24N4O2S. The van der Waals surface area contributed by atoms with Crippen LogP contribution < -0.4 is 0 Å². The monoisotopic (exact) mass is 396 g/mol. The highest BCUT2D eigenvalue weighted by Gasteiger charge is 2.18. The average molecular weight is 397 g/mol. The summed E-state index contributed by atoms with van der Waals surface area (Å²) in [5.74, 6) is 1.37. The van der Waals surface area contributed by atoms with Crippen molar-refractivity contribution in [2.75, 3.05) is 12.4 Å². The summed E-state index contributed by atoms with van der Waals surface area (Å²) in [7, 11) is 0. The number of carbonyl (C=O) groups is 1. The van der Waals surface area contributed by atoms with Gasteiger partial charge in [0.05, 0.1) is 12.3 Å². The summed E-state index contributed by atoms with van der Waals surface area (Å²) < 4.78 is 7.06. The topological polar surface area (TPSA) is 69.9 Å². The van der Waals surface area contributed by atoms with Gasteiger partial charge in [0.1, 0.15) is 5.69 Å². The molecule has 0 aliphatic rings. The van der Waals surface area contributed by atoms with Gasteiger partial charge in [-0.15, -0.1) is 10.2 Å². The maximum absolute atomic E-state index is 10.8. The first-order valence-electron chi connectivity index (χ1n) is 9.27. The quantitative estimate of drug-likeness (QED) is 0.320. The lowest BCUT2D eigenvalue weighted by Gasteiger charge is -2.13. The van der Waals surface area contributed by atoms with Gasteiger partial charge in [-0.3, -0.25) is 14.3 Å². The number of nitrogens with zero attached hydrogens (tertiary/aromatic N) is 4. The molecule has 0 amide bonds. The number of carbonyl (C=O) groups excluding carboxylic acids is 1. The van der Waals surface area contributed by atoms with Crippen LogP contribution in [0.2, 0.25) is 0 Å². The van der Waals surface area contributed by atoms with E-state index in [1.54, 1.807) is 18.0 Å². The first-order valence-corrected chi connectivity index (χ1v) is 10.3. The minimum Gasteiger partial charge on any atom is -0.466 e. The Labute approximate surface area is 169 Å². The zero-order chi connectivity index (χ0) is 19.9. The Hall–Kier alpha value is -2.67. The van der Waals surface area contributed by atoms with E-state index in [0.717, 1.165) is 46.5 Å². The first kappa shape index (κ1) is 20.1. The highest BCUT2D eigenvalue weighted by Crippen LogP contribution is 2.29. The van der Waals surface area contributed by atoms with Crippen LogP contribution in [0.25, 0.3) is 17.2 Å². The number of hydrogen-bond acceptors (Lipinski definition) is 6. The van der Waals surface area contributed by atoms with E-state index in [-0.39, 0.29) is 5.97 Å². The molecule has 0 saturated heterocycles. The van der Waals surface area contributed by atoms with Crippen molar-refractivity contribution in [3.05, 3.63) is 53.7 Å². The largest absolute Gasteiger partial charge is 0.466 e. The van der Waals surface area contributed by atoms with Crippen molar-refractivity contribution in [1.82, 2.24) is 19.7 Å². The molecule has 3 rings (SSSR count). The number of esters is 1. The van der Waals surface area contributed by atoms with Gasteiger partial charge in [-0.1, -0.05) is 35.5 Å². The highest BCUT2D eigenvalue weighted by molar-refractivity contribution is 7.99. The third-order valence-electron chi connectivity index (χ3n) is 4.20. The molecule has 7 heteroatoms. The van der Waals surface area contributed by atoms with Gasteiger partial charge in [-0.2, -0.15) is 0 Å². The van der Waals surface area contributed by atoms with E-state index in [9.17, 15) is 4.79 Å². The molecule has 3 aromatic rings. The first-order chi connectivity index (χ1) is 13.6. The normalized spacial score (nSPS) is 10.8. The molecule has 0 aliphatic carbocycles. The summed E-state index contributed by atoms with van der Waals surface area (Å²) in [6.07, 6.45) is 3.52. The fourth-order valence-electron chi connectivity index (χ4n) is 2.88. The van der Waals surface area contributed by atoms with Gasteiger partial charge in [-0.25, -0.2) is 0 Å². The standard InChI is InChI=1S/C21H24N4O2S/c1-15-9-10-19(16(2)14-15)25-20(18-8-4-5-11-22-18)23-24-21(25)28-13-7-6-12-27-17(3)26/h4-5,8-11,14H,6-7,12-13H2,1-3H3. The van der Waals surface area contributed by atoms with Crippen molar-refractivity contribution < 1.29 is 9.53 Å². The average Bonchev–Trinajstić information content (AvgIpc) is 3.08. The summed E-state index contributed by atoms with van der Waals surface area (Å²) in [5, 5.41) is 9.69. The molecule has 0 fully saturated rings. The van der Waals surface area contributed by atoms with Gasteiger partial charge in [-0.05, 0) is 50.5 Å². The Balaban J connectivity index is 1.84. The Bertz CT molecular complexity index is 941. The summed E-state index contributed by atoms with van der Waals surface area (Å²) in [5.41, 5.74) is 4.22. The summed E-state index contributed by atoms with van der Waals surface area (Å²) in [6.45, 7) is 6.07. The molecule has 2 heterocycles. The predicted octanol–water partition coefficient (Wildman–Crippen LogP) is 4.38. The molecule has 0 saturated carbocycles. The third-order valence-corrected chi connectivity index (χ3v) is 5.21. The number of hydrogen-bond donors (Lipinski definition) is 0. The van der Waals surface area contributed by atoms with Crippen LogP contribution in [0.5, 0.6) is 0 Å². The van der Waals surface area contributed by atoms with E-state index in [4.69, 9.17) is 4.74 Å². The fourth-order valence-corrected chi connectivity index (χ4v) is 3.82. The molecule has 0 bridgehead atoms. The molecule has 0 N–H and O–H groups in total. The van der Waals surface area contributed by atoms with E-state index < -0.39 is 0 Å². The van der Waals surface area contributed by atoms with Gasteiger partial charge in [0, 0.05) is 18.9 Å². The number of pyridine rings is 1. The minimum absolute atomic E-state index is 0.234. The second-order valence-electron chi connectivity index (χ2n) is 6.54. The molecule has 1 aromatic carbocycles. The minimum atomic E-state index is -0.234. The van der Waals surface area contributed by atoms with Gasteiger partial charge in [0.15, 0.2) is 11.0 Å². The van der Waals surface area contributed by atoms with E-state index in [1.807, 2.05) is 18.2 Å². The van der Waals surface area contributed by atoms with Gasteiger partial charge >= 0.3 is 5.97 Å². The number of unbranched alkanes of at least 4 members (excludes halogenated alkanes) is 1. The van der Waals surface area contributed by atoms with Crippen LogP contribution in [0.3, 0.4) is 0 Å². The van der Waals surface area contributed by atoms with Crippen molar-refractivity contribution in [3.8, 4) is 17.2 Å². The highest BCUT2D eigenvalue weighted by atomic mass is 32.2. The number of thioether (sulfide) groups is 1. The van der Waals surface area contributed by atoms with E-state index in [0.29, 0.717) is 6.61 Å². The fraction of sp³-hybridized carbons (Fsp3) is 0.333. The number of aromatic nitrogens is 4. The smallest absolute Gasteiger partial charge is 0.302 e. The lowest BCUT2D eigenvalue weighted by atomic mass is 10.1. The maximum Gasteiger partial charge on any atom is 0.302 e. The van der Waals surface area contributed by atoms with Crippen LogP contribution >= 0.6 is 11.8 Å². The van der Waals surface area contributed by atoms with Crippen molar-refractivity contribution in [3.63, 3.8) is 0 Å². The van der Waals surface area contributed by atoms with Crippen LogP contribution in [0.15, 0.2) is 47.8 Å². The van der Waals surface area contributed by atoms with E-state index in [2.05, 4.69) is 51.8 Å². The second-order valence-corrected chi connectivity index (χ2v) is 7.60. The Morgan fingerprint density at radius 1 is 1.14 bits per heavy atom. The summed E-state index contributed by atoms with van der Waals surface area (Å²) >= 11 is 1.65. The summed E-state index contributed by atoms with van der Waals surface area (Å²) in [4.78, 5) is 15.3. The second kappa shape index (κ2) is 9.50. The molecular weight excluding hydrogens is 372 g/mol.